The first kappa shape index (κ1) is 19.7. The van der Waals surface area contributed by atoms with Crippen molar-refractivity contribution in [3.05, 3.63) is 65.2 Å². The molecule has 7 heteroatoms. The van der Waals surface area contributed by atoms with Gasteiger partial charge in [0.2, 0.25) is 0 Å². The van der Waals surface area contributed by atoms with Crippen LogP contribution in [0.3, 0.4) is 0 Å². The Hall–Kier alpha value is -2.05. The van der Waals surface area contributed by atoms with Gasteiger partial charge in [0, 0.05) is 18.0 Å². The van der Waals surface area contributed by atoms with Crippen LogP contribution in [0.4, 0.5) is 0 Å². The van der Waals surface area contributed by atoms with Gasteiger partial charge in [-0.15, -0.1) is 10.2 Å². The third-order valence-electron chi connectivity index (χ3n) is 4.31. The van der Waals surface area contributed by atoms with Gasteiger partial charge in [-0.1, -0.05) is 55.4 Å². The van der Waals surface area contributed by atoms with Crippen LogP contribution in [0.2, 0.25) is 5.02 Å². The number of ether oxygens (including phenoxy) is 1. The Morgan fingerprint density at radius 1 is 1.07 bits per heavy atom. The lowest BCUT2D eigenvalue weighted by Gasteiger charge is -2.19. The van der Waals surface area contributed by atoms with E-state index in [1.165, 1.54) is 0 Å². The van der Waals surface area contributed by atoms with E-state index in [9.17, 15) is 0 Å². The summed E-state index contributed by atoms with van der Waals surface area (Å²) in [6.45, 7) is 4.69. The summed E-state index contributed by atoms with van der Waals surface area (Å²) in [7, 11) is 0. The van der Waals surface area contributed by atoms with Gasteiger partial charge >= 0.3 is 0 Å². The van der Waals surface area contributed by atoms with Gasteiger partial charge < -0.3 is 9.30 Å². The van der Waals surface area contributed by atoms with Crippen LogP contribution < -0.4 is 4.74 Å². The van der Waals surface area contributed by atoms with Crippen LogP contribution in [-0.2, 0) is 12.4 Å². The number of rotatable bonds is 9. The Bertz CT molecular complexity index is 852. The third kappa shape index (κ3) is 5.02. The van der Waals surface area contributed by atoms with Gasteiger partial charge in [0.25, 0.3) is 0 Å². The molecule has 0 spiro atoms. The summed E-state index contributed by atoms with van der Waals surface area (Å²) in [6, 6.07) is 13.7. The van der Waals surface area contributed by atoms with Crippen molar-refractivity contribution < 1.29 is 4.74 Å². The lowest BCUT2D eigenvalue weighted by atomic mass is 10.2. The fourth-order valence-electron chi connectivity index (χ4n) is 2.85. The molecule has 2 heterocycles. The first-order valence-electron chi connectivity index (χ1n) is 9.06. The van der Waals surface area contributed by atoms with E-state index in [0.29, 0.717) is 23.4 Å². The van der Waals surface area contributed by atoms with Gasteiger partial charge in [-0.3, -0.25) is 4.98 Å². The SMILES string of the molecule is CCC(CC)n1c(COc2ccccc2Cl)nnc1SCc1ccccn1. The molecule has 0 aliphatic carbocycles. The molecule has 0 aliphatic heterocycles. The molecule has 0 aliphatic rings. The van der Waals surface area contributed by atoms with Crippen molar-refractivity contribution in [1.82, 2.24) is 19.7 Å². The van der Waals surface area contributed by atoms with Crippen LogP contribution in [0.1, 0.15) is 44.2 Å². The van der Waals surface area contributed by atoms with Crippen molar-refractivity contribution in [3.63, 3.8) is 0 Å². The molecule has 0 radical (unpaired) electrons. The monoisotopic (exact) mass is 402 g/mol. The molecule has 0 amide bonds. The molecule has 0 bridgehead atoms. The quantitative estimate of drug-likeness (QED) is 0.438. The van der Waals surface area contributed by atoms with E-state index in [1.807, 2.05) is 48.7 Å². The van der Waals surface area contributed by atoms with Crippen molar-refractivity contribution in [3.8, 4) is 5.75 Å². The predicted octanol–water partition coefficient (Wildman–Crippen LogP) is 5.56. The highest BCUT2D eigenvalue weighted by molar-refractivity contribution is 7.98. The van der Waals surface area contributed by atoms with Gasteiger partial charge in [-0.25, -0.2) is 0 Å². The molecule has 0 N–H and O–H groups in total. The molecule has 3 rings (SSSR count). The maximum Gasteiger partial charge on any atom is 0.191 e. The minimum absolute atomic E-state index is 0.330. The fraction of sp³-hybridized carbons (Fsp3) is 0.350. The molecule has 2 aromatic heterocycles. The number of aromatic nitrogens is 4. The largest absolute Gasteiger partial charge is 0.484 e. The summed E-state index contributed by atoms with van der Waals surface area (Å²) in [4.78, 5) is 4.38. The van der Waals surface area contributed by atoms with Crippen molar-refractivity contribution >= 4 is 23.4 Å². The molecule has 0 unspecified atom stereocenters. The zero-order valence-corrected chi connectivity index (χ0v) is 17.1. The number of halogens is 1. The van der Waals surface area contributed by atoms with E-state index in [0.717, 1.165) is 35.3 Å². The molecule has 0 saturated carbocycles. The highest BCUT2D eigenvalue weighted by Gasteiger charge is 2.19. The Kier molecular flexibility index (Phi) is 7.12. The molecule has 27 heavy (non-hydrogen) atoms. The number of thioether (sulfide) groups is 1. The molecule has 0 atom stereocenters. The van der Waals surface area contributed by atoms with Gasteiger partial charge in [-0.05, 0) is 37.1 Å². The second kappa shape index (κ2) is 9.76. The maximum absolute atomic E-state index is 6.19. The molecule has 142 valence electrons. The standard InChI is InChI=1S/C20H23ClN4OS/c1-3-16(4-2)25-19(13-26-18-11-6-5-10-17(18)21)23-24-20(25)27-14-15-9-7-8-12-22-15/h5-12,16H,3-4,13-14H2,1-2H3. The maximum atomic E-state index is 6.19. The predicted molar refractivity (Wildman–Crippen MR) is 109 cm³/mol. The second-order valence-corrected chi connectivity index (χ2v) is 7.42. The Balaban J connectivity index is 1.78. The third-order valence-corrected chi connectivity index (χ3v) is 5.60. The Morgan fingerprint density at radius 2 is 1.85 bits per heavy atom. The normalized spacial score (nSPS) is 11.1. The Morgan fingerprint density at radius 3 is 2.56 bits per heavy atom. The van der Waals surface area contributed by atoms with E-state index in [-0.39, 0.29) is 0 Å². The number of benzene rings is 1. The molecule has 1 aromatic carbocycles. The van der Waals surface area contributed by atoms with Crippen LogP contribution in [0.15, 0.2) is 53.8 Å². The topological polar surface area (TPSA) is 52.8 Å². The van der Waals surface area contributed by atoms with Gasteiger partial charge in [-0.2, -0.15) is 0 Å². The number of pyridine rings is 1. The highest BCUT2D eigenvalue weighted by atomic mass is 35.5. The summed E-state index contributed by atoms with van der Waals surface area (Å²) < 4.78 is 8.10. The van der Waals surface area contributed by atoms with Crippen molar-refractivity contribution in [2.45, 2.75) is 50.2 Å². The average molecular weight is 403 g/mol. The fourth-order valence-corrected chi connectivity index (χ4v) is 3.98. The lowest BCUT2D eigenvalue weighted by molar-refractivity contribution is 0.278. The first-order chi connectivity index (χ1) is 13.2. The van der Waals surface area contributed by atoms with Crippen molar-refractivity contribution in [2.75, 3.05) is 0 Å². The van der Waals surface area contributed by atoms with Gasteiger partial charge in [0.15, 0.2) is 11.0 Å². The molecule has 0 fully saturated rings. The zero-order chi connectivity index (χ0) is 19.1. The summed E-state index contributed by atoms with van der Waals surface area (Å²) in [6.07, 6.45) is 3.82. The lowest BCUT2D eigenvalue weighted by Crippen LogP contribution is -2.14. The smallest absolute Gasteiger partial charge is 0.191 e. The van der Waals surface area contributed by atoms with E-state index >= 15 is 0 Å². The minimum atomic E-state index is 0.330. The Labute approximate surface area is 169 Å². The van der Waals surface area contributed by atoms with E-state index in [1.54, 1.807) is 11.8 Å². The molecule has 3 aromatic rings. The molecule has 5 nitrogen and oxygen atoms in total. The molecule has 0 saturated heterocycles. The summed E-state index contributed by atoms with van der Waals surface area (Å²) in [5.74, 6) is 2.22. The summed E-state index contributed by atoms with van der Waals surface area (Å²) >= 11 is 7.84. The van der Waals surface area contributed by atoms with Crippen LogP contribution in [0.5, 0.6) is 5.75 Å². The van der Waals surface area contributed by atoms with E-state index < -0.39 is 0 Å². The molecular formula is C20H23ClN4OS. The molecular weight excluding hydrogens is 380 g/mol. The number of para-hydroxylation sites is 1. The summed E-state index contributed by atoms with van der Waals surface area (Å²) in [5.41, 5.74) is 1.02. The minimum Gasteiger partial charge on any atom is -0.484 e. The second-order valence-electron chi connectivity index (χ2n) is 6.07. The van der Waals surface area contributed by atoms with Crippen LogP contribution in [-0.4, -0.2) is 19.7 Å². The average Bonchev–Trinajstić information content (AvgIpc) is 3.10. The van der Waals surface area contributed by atoms with Crippen LogP contribution in [0.25, 0.3) is 0 Å². The van der Waals surface area contributed by atoms with E-state index in [4.69, 9.17) is 16.3 Å². The number of hydrogen-bond donors (Lipinski definition) is 0. The zero-order valence-electron chi connectivity index (χ0n) is 15.5. The van der Waals surface area contributed by atoms with E-state index in [2.05, 4.69) is 33.6 Å². The van der Waals surface area contributed by atoms with Crippen LogP contribution in [0, 0.1) is 0 Å². The van der Waals surface area contributed by atoms with Crippen LogP contribution >= 0.6 is 23.4 Å². The first-order valence-corrected chi connectivity index (χ1v) is 10.4. The number of hydrogen-bond acceptors (Lipinski definition) is 5. The van der Waals surface area contributed by atoms with Crippen molar-refractivity contribution in [1.29, 1.82) is 0 Å². The van der Waals surface area contributed by atoms with Gasteiger partial charge in [0.05, 0.1) is 10.7 Å². The van der Waals surface area contributed by atoms with Gasteiger partial charge in [0.1, 0.15) is 12.4 Å². The number of nitrogens with zero attached hydrogens (tertiary/aromatic N) is 4. The summed E-state index contributed by atoms with van der Waals surface area (Å²) in [5, 5.41) is 10.3. The van der Waals surface area contributed by atoms with Crippen molar-refractivity contribution in [2.24, 2.45) is 0 Å². The highest BCUT2D eigenvalue weighted by Crippen LogP contribution is 2.29.